The van der Waals surface area contributed by atoms with Gasteiger partial charge in [-0.1, -0.05) is 0 Å². The molecule has 210 valence electrons. The maximum atomic E-state index is 13.9. The molecule has 1 unspecified atom stereocenters. The SMILES string of the molecule is COc1ccc2ncc(CF)c(C(O)CCC3(CC(=O)O)CCN(CCNc4cc(F)cc(F)c4)CC3)c2c1. The number of alkyl halides is 1. The van der Waals surface area contributed by atoms with E-state index in [0.29, 0.717) is 78.9 Å². The molecule has 1 aliphatic heterocycles. The number of fused-ring (bicyclic) bond motifs is 1. The number of anilines is 1. The fourth-order valence-corrected chi connectivity index (χ4v) is 5.55. The molecule has 0 aliphatic carbocycles. The zero-order chi connectivity index (χ0) is 28.0. The van der Waals surface area contributed by atoms with E-state index in [2.05, 4.69) is 15.2 Å². The van der Waals surface area contributed by atoms with E-state index in [4.69, 9.17) is 4.74 Å². The Hall–Kier alpha value is -3.37. The Kier molecular flexibility index (Phi) is 9.29. The number of carboxylic acid groups (broad SMARTS) is 1. The predicted molar refractivity (Wildman–Crippen MR) is 143 cm³/mol. The number of hydrogen-bond donors (Lipinski definition) is 3. The van der Waals surface area contributed by atoms with E-state index < -0.39 is 35.8 Å². The van der Waals surface area contributed by atoms with Crippen LogP contribution in [0, 0.1) is 17.0 Å². The molecule has 4 rings (SSSR count). The summed E-state index contributed by atoms with van der Waals surface area (Å²) in [6, 6.07) is 8.53. The number of hydrogen-bond acceptors (Lipinski definition) is 6. The number of piperidine rings is 1. The van der Waals surface area contributed by atoms with E-state index in [1.165, 1.54) is 25.4 Å². The van der Waals surface area contributed by atoms with Crippen molar-refractivity contribution in [1.29, 1.82) is 0 Å². The Labute approximate surface area is 225 Å². The third-order valence-corrected chi connectivity index (χ3v) is 7.69. The van der Waals surface area contributed by atoms with Crippen molar-refractivity contribution in [3.05, 3.63) is 65.4 Å². The maximum absolute atomic E-state index is 13.9. The van der Waals surface area contributed by atoms with E-state index >= 15 is 0 Å². The first-order chi connectivity index (χ1) is 18.7. The van der Waals surface area contributed by atoms with Crippen LogP contribution in [-0.4, -0.2) is 59.4 Å². The number of methoxy groups -OCH3 is 1. The molecule has 10 heteroatoms. The molecule has 0 amide bonds. The molecule has 1 aromatic heterocycles. The molecule has 2 heterocycles. The molecule has 0 saturated carbocycles. The normalized spacial score (nSPS) is 16.2. The molecular weight excluding hydrogens is 511 g/mol. The molecule has 3 N–H and O–H groups in total. The molecule has 7 nitrogen and oxygen atoms in total. The van der Waals surface area contributed by atoms with Gasteiger partial charge in [0.15, 0.2) is 0 Å². The van der Waals surface area contributed by atoms with Crippen LogP contribution in [0.5, 0.6) is 5.75 Å². The average Bonchev–Trinajstić information content (AvgIpc) is 2.91. The van der Waals surface area contributed by atoms with Crippen molar-refractivity contribution in [2.75, 3.05) is 38.6 Å². The Bertz CT molecular complexity index is 1270. The van der Waals surface area contributed by atoms with Crippen molar-refractivity contribution >= 4 is 22.6 Å². The Morgan fingerprint density at radius 1 is 1.18 bits per heavy atom. The number of benzene rings is 2. The first-order valence-electron chi connectivity index (χ1n) is 13.1. The first-order valence-corrected chi connectivity index (χ1v) is 13.1. The smallest absolute Gasteiger partial charge is 0.303 e. The summed E-state index contributed by atoms with van der Waals surface area (Å²) >= 11 is 0. The molecule has 1 atom stereocenters. The molecule has 3 aromatic rings. The number of aliphatic hydroxyl groups is 1. The predicted octanol–water partition coefficient (Wildman–Crippen LogP) is 5.47. The van der Waals surface area contributed by atoms with E-state index in [1.54, 1.807) is 18.2 Å². The van der Waals surface area contributed by atoms with Gasteiger partial charge in [-0.2, -0.15) is 0 Å². The molecule has 1 fully saturated rings. The number of nitrogens with zero attached hydrogens (tertiary/aromatic N) is 2. The monoisotopic (exact) mass is 545 g/mol. The Balaban J connectivity index is 1.40. The van der Waals surface area contributed by atoms with Crippen LogP contribution in [0.25, 0.3) is 10.9 Å². The highest BCUT2D eigenvalue weighted by Gasteiger charge is 2.37. The highest BCUT2D eigenvalue weighted by molar-refractivity contribution is 5.85. The second-order valence-corrected chi connectivity index (χ2v) is 10.3. The standard InChI is InChI=1S/C29H34F3N3O4/c1-39-23-2-3-25-24(15-23)28(19(17-30)18-34-25)26(36)4-5-29(16-27(37)38)6-9-35(10-7-29)11-8-33-22-13-20(31)12-21(32)14-22/h2-3,12-15,18,26,33,36H,4-11,16-17H2,1H3,(H,37,38). The topological polar surface area (TPSA) is 94.9 Å². The molecule has 1 saturated heterocycles. The van der Waals surface area contributed by atoms with E-state index in [9.17, 15) is 28.2 Å². The number of nitrogens with one attached hydrogen (secondary N) is 1. The van der Waals surface area contributed by atoms with Gasteiger partial charge in [0, 0.05) is 42.0 Å². The Morgan fingerprint density at radius 2 is 1.90 bits per heavy atom. The third kappa shape index (κ3) is 7.19. The Morgan fingerprint density at radius 3 is 2.54 bits per heavy atom. The minimum absolute atomic E-state index is 0.0186. The number of carbonyl (C=O) groups is 1. The van der Waals surface area contributed by atoms with Gasteiger partial charge in [-0.15, -0.1) is 0 Å². The molecule has 39 heavy (non-hydrogen) atoms. The molecular formula is C29H34F3N3O4. The molecule has 0 bridgehead atoms. The van der Waals surface area contributed by atoms with Gasteiger partial charge in [0.05, 0.1) is 25.2 Å². The molecule has 0 radical (unpaired) electrons. The van der Waals surface area contributed by atoms with Gasteiger partial charge in [-0.3, -0.25) is 9.78 Å². The maximum Gasteiger partial charge on any atom is 0.303 e. The summed E-state index contributed by atoms with van der Waals surface area (Å²) in [6.45, 7) is 1.66. The van der Waals surface area contributed by atoms with Gasteiger partial charge in [0.1, 0.15) is 24.1 Å². The van der Waals surface area contributed by atoms with Crippen LogP contribution in [-0.2, 0) is 11.5 Å². The van der Waals surface area contributed by atoms with Gasteiger partial charge in [-0.25, -0.2) is 13.2 Å². The van der Waals surface area contributed by atoms with Crippen molar-refractivity contribution in [3.63, 3.8) is 0 Å². The lowest BCUT2D eigenvalue weighted by Gasteiger charge is -2.41. The lowest BCUT2D eigenvalue weighted by Crippen LogP contribution is -2.43. The second-order valence-electron chi connectivity index (χ2n) is 10.3. The van der Waals surface area contributed by atoms with Crippen LogP contribution in [0.15, 0.2) is 42.6 Å². The van der Waals surface area contributed by atoms with E-state index in [0.717, 1.165) is 6.07 Å². The molecule has 1 aliphatic rings. The van der Waals surface area contributed by atoms with Crippen LogP contribution in [0.3, 0.4) is 0 Å². The molecule has 2 aromatic carbocycles. The number of halogens is 3. The summed E-state index contributed by atoms with van der Waals surface area (Å²) in [5.74, 6) is -1.61. The number of ether oxygens (including phenoxy) is 1. The van der Waals surface area contributed by atoms with E-state index in [-0.39, 0.29) is 12.8 Å². The average molecular weight is 546 g/mol. The van der Waals surface area contributed by atoms with Crippen molar-refractivity contribution in [3.8, 4) is 5.75 Å². The number of aromatic nitrogens is 1. The fraction of sp³-hybridized carbons (Fsp3) is 0.448. The molecule has 0 spiro atoms. The largest absolute Gasteiger partial charge is 0.497 e. The fourth-order valence-electron chi connectivity index (χ4n) is 5.55. The van der Waals surface area contributed by atoms with Gasteiger partial charge in [0.25, 0.3) is 0 Å². The summed E-state index contributed by atoms with van der Waals surface area (Å²) in [6.07, 6.45) is 2.43. The number of rotatable bonds is 12. The summed E-state index contributed by atoms with van der Waals surface area (Å²) in [4.78, 5) is 18.3. The van der Waals surface area contributed by atoms with Crippen molar-refractivity contribution in [2.24, 2.45) is 5.41 Å². The zero-order valence-electron chi connectivity index (χ0n) is 21.9. The summed E-state index contributed by atoms with van der Waals surface area (Å²) < 4.78 is 46.0. The van der Waals surface area contributed by atoms with Crippen molar-refractivity contribution in [2.45, 2.75) is 44.9 Å². The van der Waals surface area contributed by atoms with Crippen molar-refractivity contribution < 1.29 is 32.9 Å². The summed E-state index contributed by atoms with van der Waals surface area (Å²) in [5.41, 5.74) is 1.25. The highest BCUT2D eigenvalue weighted by Crippen LogP contribution is 2.42. The highest BCUT2D eigenvalue weighted by atomic mass is 19.1. The van der Waals surface area contributed by atoms with Crippen LogP contribution < -0.4 is 10.1 Å². The minimum Gasteiger partial charge on any atom is -0.497 e. The van der Waals surface area contributed by atoms with Gasteiger partial charge >= 0.3 is 5.97 Å². The van der Waals surface area contributed by atoms with Crippen LogP contribution in [0.2, 0.25) is 0 Å². The van der Waals surface area contributed by atoms with Crippen LogP contribution in [0.4, 0.5) is 18.9 Å². The first kappa shape index (κ1) is 28.6. The zero-order valence-corrected chi connectivity index (χ0v) is 21.9. The van der Waals surface area contributed by atoms with Gasteiger partial charge < -0.3 is 25.2 Å². The van der Waals surface area contributed by atoms with Gasteiger partial charge in [-0.05, 0) is 80.1 Å². The number of aliphatic carboxylic acids is 1. The van der Waals surface area contributed by atoms with E-state index in [1.807, 2.05) is 0 Å². The number of aliphatic hydroxyl groups excluding tert-OH is 1. The number of pyridine rings is 1. The second kappa shape index (κ2) is 12.7. The van der Waals surface area contributed by atoms with Crippen LogP contribution >= 0.6 is 0 Å². The number of likely N-dealkylation sites (tertiary alicyclic amines) is 1. The quantitative estimate of drug-likeness (QED) is 0.278. The van der Waals surface area contributed by atoms with Crippen molar-refractivity contribution in [1.82, 2.24) is 9.88 Å². The number of carboxylic acids is 1. The summed E-state index contributed by atoms with van der Waals surface area (Å²) in [7, 11) is 1.53. The lowest BCUT2D eigenvalue weighted by molar-refractivity contribution is -0.141. The lowest BCUT2D eigenvalue weighted by atomic mass is 9.71. The van der Waals surface area contributed by atoms with Gasteiger partial charge in [0.2, 0.25) is 0 Å². The van der Waals surface area contributed by atoms with Crippen LogP contribution in [0.1, 0.15) is 49.3 Å². The third-order valence-electron chi connectivity index (χ3n) is 7.69. The minimum atomic E-state index is -0.993. The summed E-state index contributed by atoms with van der Waals surface area (Å²) in [5, 5.41) is 24.5.